The van der Waals surface area contributed by atoms with Gasteiger partial charge in [-0.2, -0.15) is 20.2 Å². The zero-order valence-electron chi connectivity index (χ0n) is 13.9. The number of hydrogen-bond acceptors (Lipinski definition) is 7. The summed E-state index contributed by atoms with van der Waals surface area (Å²) in [6, 6.07) is 9.87. The second kappa shape index (κ2) is 7.13. The molecule has 7 nitrogen and oxygen atoms in total. The molecule has 0 amide bonds. The minimum Gasteiger partial charge on any atom is -0.495 e. The first-order chi connectivity index (χ1) is 11.7. The lowest BCUT2D eigenvalue weighted by Crippen LogP contribution is -2.38. The highest BCUT2D eigenvalue weighted by atomic mass is 16.5. The summed E-state index contributed by atoms with van der Waals surface area (Å²) < 4.78 is 5.33. The summed E-state index contributed by atoms with van der Waals surface area (Å²) in [7, 11) is 1.61. The van der Waals surface area contributed by atoms with Crippen molar-refractivity contribution in [3.63, 3.8) is 0 Å². The van der Waals surface area contributed by atoms with Crippen molar-refractivity contribution >= 4 is 17.6 Å². The summed E-state index contributed by atoms with van der Waals surface area (Å²) in [5.41, 5.74) is 0.743. The molecule has 0 radical (unpaired) electrons. The topological polar surface area (TPSA) is 87.0 Å². The molecule has 0 bridgehead atoms. The van der Waals surface area contributed by atoms with Gasteiger partial charge in [-0.25, -0.2) is 0 Å². The standard InChI is InChI=1S/C17H20N6O/c1-12-7-5-6-10-23(12)17-21-15(11-18)20-16(22-17)19-13-8-3-4-9-14(13)24-2/h3-4,8-9,12H,5-7,10H2,1-2H3,(H,19,20,21,22). The number of nitriles is 1. The third-order valence-electron chi connectivity index (χ3n) is 4.14. The van der Waals surface area contributed by atoms with Crippen molar-refractivity contribution in [1.29, 1.82) is 5.26 Å². The van der Waals surface area contributed by atoms with Crippen LogP contribution in [0.2, 0.25) is 0 Å². The Balaban J connectivity index is 1.93. The van der Waals surface area contributed by atoms with E-state index < -0.39 is 0 Å². The summed E-state index contributed by atoms with van der Waals surface area (Å²) in [5, 5.41) is 12.4. The van der Waals surface area contributed by atoms with Crippen LogP contribution in [0.1, 0.15) is 32.0 Å². The van der Waals surface area contributed by atoms with Crippen molar-refractivity contribution < 1.29 is 4.74 Å². The molecule has 0 spiro atoms. The fourth-order valence-corrected chi connectivity index (χ4v) is 2.86. The van der Waals surface area contributed by atoms with E-state index in [4.69, 9.17) is 4.74 Å². The van der Waals surface area contributed by atoms with E-state index in [0.29, 0.717) is 23.7 Å². The van der Waals surface area contributed by atoms with Gasteiger partial charge in [-0.1, -0.05) is 12.1 Å². The van der Waals surface area contributed by atoms with Crippen LogP contribution in [0.3, 0.4) is 0 Å². The third kappa shape index (κ3) is 3.38. The zero-order chi connectivity index (χ0) is 16.9. The van der Waals surface area contributed by atoms with Gasteiger partial charge in [-0.15, -0.1) is 0 Å². The fourth-order valence-electron chi connectivity index (χ4n) is 2.86. The van der Waals surface area contributed by atoms with Crippen LogP contribution in [0.15, 0.2) is 24.3 Å². The van der Waals surface area contributed by atoms with Gasteiger partial charge in [0.2, 0.25) is 17.7 Å². The summed E-state index contributed by atoms with van der Waals surface area (Å²) in [4.78, 5) is 15.1. The molecule has 1 fully saturated rings. The molecule has 1 atom stereocenters. The van der Waals surface area contributed by atoms with Gasteiger partial charge in [-0.05, 0) is 38.3 Å². The van der Waals surface area contributed by atoms with Crippen molar-refractivity contribution in [1.82, 2.24) is 15.0 Å². The van der Waals surface area contributed by atoms with Crippen LogP contribution in [0.5, 0.6) is 5.75 Å². The van der Waals surface area contributed by atoms with E-state index in [9.17, 15) is 5.26 Å². The quantitative estimate of drug-likeness (QED) is 0.925. The van der Waals surface area contributed by atoms with E-state index in [2.05, 4.69) is 32.1 Å². The largest absolute Gasteiger partial charge is 0.495 e. The van der Waals surface area contributed by atoms with Crippen LogP contribution in [0, 0.1) is 11.3 Å². The Hall–Kier alpha value is -2.88. The first-order valence-corrected chi connectivity index (χ1v) is 8.04. The molecule has 1 aliphatic rings. The molecule has 0 aliphatic carbocycles. The number of benzene rings is 1. The monoisotopic (exact) mass is 324 g/mol. The lowest BCUT2D eigenvalue weighted by Gasteiger charge is -2.33. The highest BCUT2D eigenvalue weighted by Gasteiger charge is 2.22. The second-order valence-electron chi connectivity index (χ2n) is 5.76. The summed E-state index contributed by atoms with van der Waals surface area (Å²) in [6.45, 7) is 3.05. The average molecular weight is 324 g/mol. The number of ether oxygens (including phenoxy) is 1. The molecule has 7 heteroatoms. The lowest BCUT2D eigenvalue weighted by atomic mass is 10.0. The Kier molecular flexibility index (Phi) is 4.75. The Morgan fingerprint density at radius 3 is 2.83 bits per heavy atom. The van der Waals surface area contributed by atoms with Gasteiger partial charge in [-0.3, -0.25) is 0 Å². The SMILES string of the molecule is COc1ccccc1Nc1nc(C#N)nc(N2CCCCC2C)n1. The number of rotatable bonds is 4. The number of aromatic nitrogens is 3. The molecular formula is C17H20N6O. The van der Waals surface area contributed by atoms with Crippen LogP contribution in [-0.4, -0.2) is 34.6 Å². The molecule has 24 heavy (non-hydrogen) atoms. The smallest absolute Gasteiger partial charge is 0.238 e. The van der Waals surface area contributed by atoms with Crippen LogP contribution < -0.4 is 15.0 Å². The van der Waals surface area contributed by atoms with E-state index in [1.807, 2.05) is 30.3 Å². The van der Waals surface area contributed by atoms with E-state index in [1.54, 1.807) is 7.11 Å². The first kappa shape index (κ1) is 16.0. The Morgan fingerprint density at radius 1 is 1.25 bits per heavy atom. The number of methoxy groups -OCH3 is 1. The third-order valence-corrected chi connectivity index (χ3v) is 4.14. The highest BCUT2D eigenvalue weighted by Crippen LogP contribution is 2.27. The molecule has 1 unspecified atom stereocenters. The van der Waals surface area contributed by atoms with Crippen molar-refractivity contribution in [2.45, 2.75) is 32.2 Å². The van der Waals surface area contributed by atoms with E-state index in [0.717, 1.165) is 25.1 Å². The molecule has 3 rings (SSSR count). The fraction of sp³-hybridized carbons (Fsp3) is 0.412. The van der Waals surface area contributed by atoms with Gasteiger partial charge in [0, 0.05) is 12.6 Å². The van der Waals surface area contributed by atoms with Crippen molar-refractivity contribution in [2.75, 3.05) is 23.9 Å². The predicted molar refractivity (Wildman–Crippen MR) is 91.5 cm³/mol. The van der Waals surface area contributed by atoms with E-state index in [1.165, 1.54) is 6.42 Å². The van der Waals surface area contributed by atoms with Crippen LogP contribution >= 0.6 is 0 Å². The molecule has 1 N–H and O–H groups in total. The molecule has 124 valence electrons. The van der Waals surface area contributed by atoms with Crippen LogP contribution in [0.25, 0.3) is 0 Å². The second-order valence-corrected chi connectivity index (χ2v) is 5.76. The Bertz CT molecular complexity index is 757. The summed E-state index contributed by atoms with van der Waals surface area (Å²) >= 11 is 0. The average Bonchev–Trinajstić information content (AvgIpc) is 2.62. The van der Waals surface area contributed by atoms with Gasteiger partial charge < -0.3 is 15.0 Å². The summed E-state index contributed by atoms with van der Waals surface area (Å²) in [5.74, 6) is 1.68. The van der Waals surface area contributed by atoms with Gasteiger partial charge in [0.05, 0.1) is 12.8 Å². The molecule has 1 aliphatic heterocycles. The first-order valence-electron chi connectivity index (χ1n) is 8.04. The van der Waals surface area contributed by atoms with Crippen molar-refractivity contribution in [3.05, 3.63) is 30.1 Å². The maximum Gasteiger partial charge on any atom is 0.238 e. The van der Waals surface area contributed by atoms with Gasteiger partial charge in [0.25, 0.3) is 0 Å². The predicted octanol–water partition coefficient (Wildman–Crippen LogP) is 2.87. The summed E-state index contributed by atoms with van der Waals surface area (Å²) in [6.07, 6.45) is 3.41. The van der Waals surface area contributed by atoms with Crippen LogP contribution in [-0.2, 0) is 0 Å². The lowest BCUT2D eigenvalue weighted by molar-refractivity contribution is 0.417. The number of anilines is 3. The van der Waals surface area contributed by atoms with Crippen LogP contribution in [0.4, 0.5) is 17.6 Å². The number of piperidine rings is 1. The molecule has 2 heterocycles. The van der Waals surface area contributed by atoms with Crippen molar-refractivity contribution in [2.24, 2.45) is 0 Å². The number of nitrogens with one attached hydrogen (secondary N) is 1. The molecule has 2 aromatic rings. The number of nitrogens with zero attached hydrogens (tertiary/aromatic N) is 5. The van der Waals surface area contributed by atoms with Crippen molar-refractivity contribution in [3.8, 4) is 11.8 Å². The normalized spacial score (nSPS) is 17.2. The number of para-hydroxylation sites is 2. The maximum atomic E-state index is 9.24. The zero-order valence-corrected chi connectivity index (χ0v) is 13.9. The van der Waals surface area contributed by atoms with Gasteiger partial charge >= 0.3 is 0 Å². The van der Waals surface area contributed by atoms with E-state index >= 15 is 0 Å². The number of hydrogen-bond donors (Lipinski definition) is 1. The molecule has 1 aromatic heterocycles. The van der Waals surface area contributed by atoms with Gasteiger partial charge in [0.15, 0.2) is 0 Å². The molecule has 1 aromatic carbocycles. The maximum absolute atomic E-state index is 9.24. The Morgan fingerprint density at radius 2 is 2.08 bits per heavy atom. The van der Waals surface area contributed by atoms with Gasteiger partial charge in [0.1, 0.15) is 11.8 Å². The molecule has 1 saturated heterocycles. The van der Waals surface area contributed by atoms with E-state index in [-0.39, 0.29) is 5.82 Å². The highest BCUT2D eigenvalue weighted by molar-refractivity contribution is 5.63. The minimum absolute atomic E-state index is 0.107. The molecular weight excluding hydrogens is 304 g/mol. The molecule has 0 saturated carbocycles. The Labute approximate surface area is 141 Å². The minimum atomic E-state index is 0.107.